The summed E-state index contributed by atoms with van der Waals surface area (Å²) in [7, 11) is 0. The van der Waals surface area contributed by atoms with Crippen LogP contribution in [-0.2, 0) is 0 Å². The summed E-state index contributed by atoms with van der Waals surface area (Å²) in [6, 6.07) is 89.4. The molecule has 0 aliphatic rings. The zero-order valence-corrected chi connectivity index (χ0v) is 34.1. The molecule has 0 radical (unpaired) electrons. The molecule has 0 heterocycles. The maximum absolute atomic E-state index is 2.42. The summed E-state index contributed by atoms with van der Waals surface area (Å²) in [5.41, 5.74) is 14.8. The molecule has 0 amide bonds. The SMILES string of the molecule is c1ccc(-c2cc3ccccc3cc2-c2ccc3c(c2)c(-c2ccccc2)cc2cc(-c4cccc(-c5c6ccccc6c(-c6ccccc6)c6ccccc56)c4)ccc23)cc1. The van der Waals surface area contributed by atoms with E-state index in [0.717, 1.165) is 0 Å². The molecule has 0 saturated carbocycles. The van der Waals surface area contributed by atoms with Crippen molar-refractivity contribution in [2.24, 2.45) is 0 Å². The standard InChI is InChI=1S/C62H40/c1-4-17-41(18-5-1)57-37-45-23-10-11-24-46(45)38-59(57)48-32-34-52-51-33-31-47(36-50(51)40-58(60(52)39-48)42-19-6-2-7-20-42)44-25-16-26-49(35-44)62-55-29-14-12-27-53(55)61(43-21-8-3-9-22-43)54-28-13-15-30-56(54)62/h1-40H. The second-order valence-electron chi connectivity index (χ2n) is 16.4. The lowest BCUT2D eigenvalue weighted by Gasteiger charge is -2.18. The Bertz CT molecular complexity index is 3600. The van der Waals surface area contributed by atoms with Gasteiger partial charge in [0, 0.05) is 0 Å². The maximum atomic E-state index is 2.42. The van der Waals surface area contributed by atoms with Crippen LogP contribution in [0, 0.1) is 0 Å². The Labute approximate surface area is 361 Å². The van der Waals surface area contributed by atoms with Crippen molar-refractivity contribution in [1.82, 2.24) is 0 Å². The highest BCUT2D eigenvalue weighted by Gasteiger charge is 2.18. The average molecular weight is 785 g/mol. The zero-order valence-electron chi connectivity index (χ0n) is 34.1. The Balaban J connectivity index is 1.03. The van der Waals surface area contributed by atoms with Crippen molar-refractivity contribution in [1.29, 1.82) is 0 Å². The highest BCUT2D eigenvalue weighted by Crippen LogP contribution is 2.45. The van der Waals surface area contributed by atoms with E-state index >= 15 is 0 Å². The van der Waals surface area contributed by atoms with E-state index in [9.17, 15) is 0 Å². The van der Waals surface area contributed by atoms with Gasteiger partial charge in [0.1, 0.15) is 0 Å². The fraction of sp³-hybridized carbons (Fsp3) is 0. The summed E-state index contributed by atoms with van der Waals surface area (Å²) in [5.74, 6) is 0. The molecule has 0 atom stereocenters. The minimum Gasteiger partial charge on any atom is -0.0622 e. The molecule has 0 N–H and O–H groups in total. The second-order valence-corrected chi connectivity index (χ2v) is 16.4. The van der Waals surface area contributed by atoms with E-state index in [0.29, 0.717) is 0 Å². The lowest BCUT2D eigenvalue weighted by molar-refractivity contribution is 1.61. The Morgan fingerprint density at radius 3 is 1.19 bits per heavy atom. The third-order valence-corrected chi connectivity index (χ3v) is 12.8. The van der Waals surface area contributed by atoms with Gasteiger partial charge in [-0.15, -0.1) is 0 Å². The van der Waals surface area contributed by atoms with Gasteiger partial charge in [-0.3, -0.25) is 0 Å². The van der Waals surface area contributed by atoms with Gasteiger partial charge in [0.2, 0.25) is 0 Å². The Morgan fingerprint density at radius 1 is 0.161 bits per heavy atom. The molecular formula is C62H40. The van der Waals surface area contributed by atoms with Crippen LogP contribution >= 0.6 is 0 Å². The monoisotopic (exact) mass is 784 g/mol. The number of benzene rings is 12. The van der Waals surface area contributed by atoms with Crippen molar-refractivity contribution in [3.8, 4) is 66.8 Å². The van der Waals surface area contributed by atoms with Gasteiger partial charge in [-0.05, 0) is 157 Å². The van der Waals surface area contributed by atoms with Crippen molar-refractivity contribution in [2.75, 3.05) is 0 Å². The lowest BCUT2D eigenvalue weighted by Crippen LogP contribution is -1.91. The lowest BCUT2D eigenvalue weighted by atomic mass is 9.85. The van der Waals surface area contributed by atoms with Gasteiger partial charge in [-0.1, -0.05) is 206 Å². The molecule has 288 valence electrons. The van der Waals surface area contributed by atoms with Gasteiger partial charge >= 0.3 is 0 Å². The van der Waals surface area contributed by atoms with Crippen molar-refractivity contribution >= 4 is 53.9 Å². The van der Waals surface area contributed by atoms with Gasteiger partial charge in [0.25, 0.3) is 0 Å². The summed E-state index contributed by atoms with van der Waals surface area (Å²) in [6.45, 7) is 0. The van der Waals surface area contributed by atoms with Crippen molar-refractivity contribution < 1.29 is 0 Å². The molecule has 12 rings (SSSR count). The summed E-state index contributed by atoms with van der Waals surface area (Å²) in [6.07, 6.45) is 0. The van der Waals surface area contributed by atoms with Crippen LogP contribution in [0.1, 0.15) is 0 Å². The number of hydrogen-bond acceptors (Lipinski definition) is 0. The van der Waals surface area contributed by atoms with Crippen molar-refractivity contribution in [3.63, 3.8) is 0 Å². The van der Waals surface area contributed by atoms with Crippen LogP contribution in [0.4, 0.5) is 0 Å². The van der Waals surface area contributed by atoms with Crippen LogP contribution in [0.3, 0.4) is 0 Å². The third-order valence-electron chi connectivity index (χ3n) is 12.8. The molecule has 0 saturated heterocycles. The first-order chi connectivity index (χ1) is 30.7. The largest absolute Gasteiger partial charge is 0.0622 e. The predicted octanol–water partition coefficient (Wildman–Crippen LogP) is 17.5. The first kappa shape index (κ1) is 35.8. The summed E-state index contributed by atoms with van der Waals surface area (Å²) < 4.78 is 0. The van der Waals surface area contributed by atoms with Crippen LogP contribution in [0.2, 0.25) is 0 Å². The summed E-state index contributed by atoms with van der Waals surface area (Å²) >= 11 is 0. The van der Waals surface area contributed by atoms with E-state index in [-0.39, 0.29) is 0 Å². The molecule has 0 aliphatic carbocycles. The number of hydrogen-bond donors (Lipinski definition) is 0. The van der Waals surface area contributed by atoms with Gasteiger partial charge in [0.05, 0.1) is 0 Å². The molecule has 12 aromatic rings. The minimum absolute atomic E-state index is 1.20. The number of rotatable bonds is 6. The van der Waals surface area contributed by atoms with E-state index in [1.807, 2.05) is 0 Å². The third kappa shape index (κ3) is 6.08. The predicted molar refractivity (Wildman–Crippen MR) is 267 cm³/mol. The van der Waals surface area contributed by atoms with Crippen molar-refractivity contribution in [2.45, 2.75) is 0 Å². The zero-order chi connectivity index (χ0) is 41.0. The van der Waals surface area contributed by atoms with Crippen LogP contribution < -0.4 is 0 Å². The average Bonchev–Trinajstić information content (AvgIpc) is 3.35. The smallest absolute Gasteiger partial charge is 0.00262 e. The summed E-state index contributed by atoms with van der Waals surface area (Å²) in [5, 5.41) is 12.5. The van der Waals surface area contributed by atoms with Crippen LogP contribution in [0.5, 0.6) is 0 Å². The molecule has 0 aromatic heterocycles. The van der Waals surface area contributed by atoms with Gasteiger partial charge in [0.15, 0.2) is 0 Å². The molecule has 0 heteroatoms. The Kier molecular flexibility index (Phi) is 8.61. The molecule has 0 spiro atoms. The molecule has 0 bridgehead atoms. The topological polar surface area (TPSA) is 0 Å². The maximum Gasteiger partial charge on any atom is -0.00262 e. The highest BCUT2D eigenvalue weighted by atomic mass is 14.2. The first-order valence-corrected chi connectivity index (χ1v) is 21.5. The minimum atomic E-state index is 1.20. The molecule has 0 nitrogen and oxygen atoms in total. The fourth-order valence-electron chi connectivity index (χ4n) is 9.91. The molecule has 0 fully saturated rings. The molecule has 0 unspecified atom stereocenters. The van der Waals surface area contributed by atoms with Gasteiger partial charge < -0.3 is 0 Å². The molecule has 0 aliphatic heterocycles. The van der Waals surface area contributed by atoms with Crippen LogP contribution in [-0.4, -0.2) is 0 Å². The van der Waals surface area contributed by atoms with Crippen LogP contribution in [0.15, 0.2) is 243 Å². The Morgan fingerprint density at radius 2 is 0.581 bits per heavy atom. The normalized spacial score (nSPS) is 11.5. The highest BCUT2D eigenvalue weighted by molar-refractivity contribution is 6.22. The van der Waals surface area contributed by atoms with Crippen molar-refractivity contribution in [3.05, 3.63) is 243 Å². The van der Waals surface area contributed by atoms with E-state index in [1.165, 1.54) is 121 Å². The molecule has 62 heavy (non-hydrogen) atoms. The quantitative estimate of drug-likeness (QED) is 0.116. The molecular weight excluding hydrogens is 745 g/mol. The van der Waals surface area contributed by atoms with E-state index in [1.54, 1.807) is 0 Å². The second kappa shape index (κ2) is 14.9. The molecule has 12 aromatic carbocycles. The van der Waals surface area contributed by atoms with E-state index < -0.39 is 0 Å². The fourth-order valence-corrected chi connectivity index (χ4v) is 9.91. The summed E-state index contributed by atoms with van der Waals surface area (Å²) in [4.78, 5) is 0. The van der Waals surface area contributed by atoms with E-state index in [4.69, 9.17) is 0 Å². The van der Waals surface area contributed by atoms with Gasteiger partial charge in [-0.25, -0.2) is 0 Å². The van der Waals surface area contributed by atoms with Crippen LogP contribution in [0.25, 0.3) is 121 Å². The first-order valence-electron chi connectivity index (χ1n) is 21.5. The van der Waals surface area contributed by atoms with E-state index in [2.05, 4.69) is 243 Å². The number of fused-ring (bicyclic) bond motifs is 6. The van der Waals surface area contributed by atoms with Gasteiger partial charge in [-0.2, -0.15) is 0 Å². The Hall–Kier alpha value is -8.06.